The van der Waals surface area contributed by atoms with E-state index in [2.05, 4.69) is 6.58 Å². The second kappa shape index (κ2) is 3.15. The average Bonchev–Trinajstić information content (AvgIpc) is 1.67. The fourth-order valence-electron chi connectivity index (χ4n) is 0.309. The zero-order chi connectivity index (χ0) is 6.62. The quantitative estimate of drug-likeness (QED) is 0.257. The van der Waals surface area contributed by atoms with Gasteiger partial charge in [0.2, 0.25) is 0 Å². The van der Waals surface area contributed by atoms with Crippen LogP contribution in [0.15, 0.2) is 12.7 Å². The summed E-state index contributed by atoms with van der Waals surface area (Å²) in [6, 6.07) is 0. The Labute approximate surface area is 54.6 Å². The van der Waals surface area contributed by atoms with Crippen molar-refractivity contribution in [2.45, 2.75) is 5.29 Å². The average molecular weight is 148 g/mol. The molecule has 0 fully saturated rings. The van der Waals surface area contributed by atoms with Crippen LogP contribution in [0.1, 0.15) is 0 Å². The van der Waals surface area contributed by atoms with E-state index < -0.39 is 15.0 Å². The molecule has 8 heavy (non-hydrogen) atoms. The first-order chi connectivity index (χ1) is 3.62. The Balaban J connectivity index is 3.53. The van der Waals surface area contributed by atoms with Crippen LogP contribution < -0.4 is 11.5 Å². The van der Waals surface area contributed by atoms with Gasteiger partial charge in [-0.1, -0.05) is 6.08 Å². The highest BCUT2D eigenvalue weighted by Gasteiger charge is 2.12. The summed E-state index contributed by atoms with van der Waals surface area (Å²) in [6.45, 7) is 3.47. The zero-order valence-corrected chi connectivity index (χ0v) is 8.47. The number of hydrogen-bond acceptors (Lipinski definition) is 3. The molecule has 0 heterocycles. The van der Waals surface area contributed by atoms with Crippen LogP contribution in [0, 0.1) is 0 Å². The van der Waals surface area contributed by atoms with Crippen LogP contribution in [0.4, 0.5) is 0 Å². The summed E-state index contributed by atoms with van der Waals surface area (Å²) in [6.07, 6.45) is 1.54. The van der Waals surface area contributed by atoms with Crippen molar-refractivity contribution in [3.05, 3.63) is 12.7 Å². The molecule has 0 atom stereocenters. The lowest BCUT2D eigenvalue weighted by molar-refractivity contribution is 0.597. The molecule has 3 nitrogen and oxygen atoms in total. The molecule has 0 unspecified atom stereocenters. The third-order valence-corrected chi connectivity index (χ3v) is 2.72. The van der Waals surface area contributed by atoms with Crippen molar-refractivity contribution in [1.29, 1.82) is 0 Å². The minimum absolute atomic E-state index is 0.693. The van der Waals surface area contributed by atoms with Gasteiger partial charge in [-0.25, -0.2) is 0 Å². The van der Waals surface area contributed by atoms with Gasteiger partial charge in [0.05, 0.1) is 5.29 Å². The summed E-state index contributed by atoms with van der Waals surface area (Å²) in [5, 5.41) is -0.693. The van der Waals surface area contributed by atoms with Crippen LogP contribution in [0.25, 0.3) is 0 Å². The Morgan fingerprint density at radius 1 is 1.75 bits per heavy atom. The van der Waals surface area contributed by atoms with E-state index in [1.807, 2.05) is 0 Å². The van der Waals surface area contributed by atoms with Gasteiger partial charge in [-0.05, 0) is 0 Å². The number of nitrogens with two attached hydrogens (primary N) is 2. The maximum atomic E-state index is 5.45. The Hall–Kier alpha value is 0.0538. The third-order valence-electron chi connectivity index (χ3n) is 0.774. The molecule has 0 spiro atoms. The Morgan fingerprint density at radius 3 is 2.38 bits per heavy atom. The third kappa shape index (κ3) is 3.11. The predicted molar refractivity (Wildman–Crippen MR) is 40.9 cm³/mol. The lowest BCUT2D eigenvalue weighted by Crippen LogP contribution is -2.53. The molecule has 4 N–H and O–H groups in total. The first-order valence-corrected chi connectivity index (χ1v) is 4.43. The van der Waals surface area contributed by atoms with Crippen molar-refractivity contribution in [1.82, 2.24) is 0 Å². The van der Waals surface area contributed by atoms with Gasteiger partial charge in [0.1, 0.15) is 10.5 Å². The molecule has 5 heteroatoms. The first kappa shape index (κ1) is 8.05. The van der Waals surface area contributed by atoms with E-state index in [1.54, 1.807) is 0 Å². The summed E-state index contributed by atoms with van der Waals surface area (Å²) in [5.74, 6) is 0. The summed E-state index contributed by atoms with van der Waals surface area (Å²) < 4.78 is 4.95. The molecular weight excluding hydrogens is 136 g/mol. The molecule has 0 radical (unpaired) electrons. The highest BCUT2D eigenvalue weighted by Crippen LogP contribution is 1.85. The van der Waals surface area contributed by atoms with Gasteiger partial charge in [0.15, 0.2) is 9.76 Å². The second-order valence-electron chi connectivity index (χ2n) is 1.75. The largest absolute Gasteiger partial charge is 0.466 e. The highest BCUT2D eigenvalue weighted by atomic mass is 28.3. The van der Waals surface area contributed by atoms with Crippen molar-refractivity contribution in [3.63, 3.8) is 0 Å². The van der Waals surface area contributed by atoms with Crippen LogP contribution in [0.5, 0.6) is 0 Å². The standard InChI is InChI=1S/C3H12N2OSi2/c1-2-3(4,5)8-6-7/h2H,1,4-5,8H2,7H3. The van der Waals surface area contributed by atoms with Crippen molar-refractivity contribution < 1.29 is 4.12 Å². The van der Waals surface area contributed by atoms with E-state index >= 15 is 0 Å². The lowest BCUT2D eigenvalue weighted by Gasteiger charge is -2.16. The molecule has 48 valence electrons. The van der Waals surface area contributed by atoms with Crippen LogP contribution in [0.3, 0.4) is 0 Å². The monoisotopic (exact) mass is 148 g/mol. The second-order valence-corrected chi connectivity index (χ2v) is 5.57. The van der Waals surface area contributed by atoms with E-state index in [0.29, 0.717) is 0 Å². The van der Waals surface area contributed by atoms with Crippen molar-refractivity contribution >= 4 is 20.2 Å². The Morgan fingerprint density at radius 2 is 2.25 bits per heavy atom. The van der Waals surface area contributed by atoms with Gasteiger partial charge in [-0.3, -0.25) is 0 Å². The van der Waals surface area contributed by atoms with Crippen molar-refractivity contribution in [3.8, 4) is 0 Å². The number of hydrogen-bond donors (Lipinski definition) is 2. The minimum Gasteiger partial charge on any atom is -0.466 e. The molecule has 0 saturated carbocycles. The maximum Gasteiger partial charge on any atom is 0.187 e. The van der Waals surface area contributed by atoms with Crippen LogP contribution >= 0.6 is 0 Å². The molecule has 0 rings (SSSR count). The van der Waals surface area contributed by atoms with Gasteiger partial charge >= 0.3 is 0 Å². The van der Waals surface area contributed by atoms with E-state index in [0.717, 1.165) is 10.5 Å². The van der Waals surface area contributed by atoms with Crippen molar-refractivity contribution in [2.24, 2.45) is 11.5 Å². The summed E-state index contributed by atoms with van der Waals surface area (Å²) in [5.41, 5.74) is 10.9. The Bertz CT molecular complexity index is 85.4. The van der Waals surface area contributed by atoms with E-state index in [4.69, 9.17) is 15.6 Å². The first-order valence-electron chi connectivity index (χ1n) is 2.32. The van der Waals surface area contributed by atoms with Crippen LogP contribution in [-0.4, -0.2) is 25.5 Å². The normalized spacial score (nSPS) is 13.2. The molecular formula is C3H12N2OSi2. The minimum atomic E-state index is -0.751. The molecule has 0 aromatic rings. The van der Waals surface area contributed by atoms with Gasteiger partial charge in [0, 0.05) is 0 Å². The number of rotatable bonds is 3. The molecule has 0 saturated heterocycles. The fraction of sp³-hybridized carbons (Fsp3) is 0.333. The molecule has 0 aliphatic rings. The molecule has 0 aliphatic carbocycles. The summed E-state index contributed by atoms with van der Waals surface area (Å²) >= 11 is 0. The molecule has 0 amide bonds. The molecule has 0 bridgehead atoms. The van der Waals surface area contributed by atoms with E-state index in [-0.39, 0.29) is 0 Å². The van der Waals surface area contributed by atoms with Crippen LogP contribution in [-0.2, 0) is 4.12 Å². The maximum absolute atomic E-state index is 5.45. The highest BCUT2D eigenvalue weighted by molar-refractivity contribution is 6.38. The van der Waals surface area contributed by atoms with Gasteiger partial charge in [-0.15, -0.1) is 6.58 Å². The van der Waals surface area contributed by atoms with Gasteiger partial charge < -0.3 is 15.6 Å². The smallest absolute Gasteiger partial charge is 0.187 e. The van der Waals surface area contributed by atoms with E-state index in [1.165, 1.54) is 6.08 Å². The molecule has 0 aromatic heterocycles. The topological polar surface area (TPSA) is 61.3 Å². The fourth-order valence-corrected chi connectivity index (χ4v) is 2.43. The predicted octanol–water partition coefficient (Wildman–Crippen LogP) is -2.88. The Kier molecular flexibility index (Phi) is 3.17. The summed E-state index contributed by atoms with van der Waals surface area (Å²) in [7, 11) is -0.0228. The van der Waals surface area contributed by atoms with Crippen LogP contribution in [0.2, 0.25) is 0 Å². The zero-order valence-electron chi connectivity index (χ0n) is 5.05. The lowest BCUT2D eigenvalue weighted by atomic mass is 10.5. The van der Waals surface area contributed by atoms with Crippen molar-refractivity contribution in [2.75, 3.05) is 0 Å². The SMILES string of the molecule is C=CC(N)(N)[SiH2]O[SiH3]. The molecule has 0 aliphatic heterocycles. The van der Waals surface area contributed by atoms with E-state index in [9.17, 15) is 0 Å². The van der Waals surface area contributed by atoms with Gasteiger partial charge in [0.25, 0.3) is 0 Å². The van der Waals surface area contributed by atoms with Gasteiger partial charge in [-0.2, -0.15) is 0 Å². The molecule has 0 aromatic carbocycles. The summed E-state index contributed by atoms with van der Waals surface area (Å²) in [4.78, 5) is 0.